The van der Waals surface area contributed by atoms with E-state index in [9.17, 15) is 0 Å². The second-order valence-electron chi connectivity index (χ2n) is 3.11. The van der Waals surface area contributed by atoms with Crippen molar-refractivity contribution in [1.82, 2.24) is 0 Å². The predicted molar refractivity (Wildman–Crippen MR) is 64.2 cm³/mol. The van der Waals surface area contributed by atoms with Crippen LogP contribution < -0.4 is 0 Å². The van der Waals surface area contributed by atoms with Gasteiger partial charge in [-0.25, -0.2) is 0 Å². The number of halogens is 1. The molecule has 14 heavy (non-hydrogen) atoms. The Labute approximate surface area is 95.8 Å². The van der Waals surface area contributed by atoms with Gasteiger partial charge < -0.3 is 4.74 Å². The number of hydrogen-bond donors (Lipinski definition) is 1. The Bertz CT molecular complexity index is 248. The maximum atomic E-state index is 5.76. The fraction of sp³-hybridized carbons (Fsp3) is 0.455. The van der Waals surface area contributed by atoms with E-state index >= 15 is 0 Å². The molecule has 0 spiro atoms. The first-order valence-corrected chi connectivity index (χ1v) is 5.77. The summed E-state index contributed by atoms with van der Waals surface area (Å²) in [4.78, 5) is 0. The molecule has 0 aromatic heterocycles. The largest absolute Gasteiger partial charge is 0.377 e. The maximum Gasteiger partial charge on any atom is 0.0716 e. The molecule has 1 rings (SSSR count). The normalized spacial score (nSPS) is 10.4. The van der Waals surface area contributed by atoms with Gasteiger partial charge >= 0.3 is 0 Å². The summed E-state index contributed by atoms with van der Waals surface area (Å²) in [7, 11) is 0. The Morgan fingerprint density at radius 1 is 1.14 bits per heavy atom. The van der Waals surface area contributed by atoms with Crippen LogP contribution in [0.5, 0.6) is 0 Å². The summed E-state index contributed by atoms with van der Waals surface area (Å²) in [5, 5.41) is 0.767. The molecule has 0 aliphatic heterocycles. The second-order valence-corrected chi connectivity index (χ2v) is 3.99. The molecule has 3 heteroatoms. The van der Waals surface area contributed by atoms with Crippen molar-refractivity contribution in [3.8, 4) is 0 Å². The van der Waals surface area contributed by atoms with Crippen molar-refractivity contribution in [2.24, 2.45) is 0 Å². The fourth-order valence-corrected chi connectivity index (χ4v) is 1.44. The highest BCUT2D eigenvalue weighted by molar-refractivity contribution is 7.80. The van der Waals surface area contributed by atoms with Gasteiger partial charge in [-0.05, 0) is 36.3 Å². The molecule has 0 aliphatic rings. The molecule has 1 aromatic carbocycles. The van der Waals surface area contributed by atoms with E-state index in [0.717, 1.165) is 30.2 Å². The standard InChI is InChI=1S/C11H15ClOS/c12-11-5-3-10(4-6-11)9-13-7-1-2-8-14/h3-6,14H,1-2,7-9H2. The second kappa shape index (κ2) is 7.16. The lowest BCUT2D eigenvalue weighted by atomic mass is 10.2. The third-order valence-corrected chi connectivity index (χ3v) is 2.45. The van der Waals surface area contributed by atoms with Crippen molar-refractivity contribution < 1.29 is 4.74 Å². The van der Waals surface area contributed by atoms with Gasteiger partial charge in [-0.3, -0.25) is 0 Å². The molecule has 0 saturated heterocycles. The van der Waals surface area contributed by atoms with Crippen molar-refractivity contribution in [1.29, 1.82) is 0 Å². The maximum absolute atomic E-state index is 5.76. The van der Waals surface area contributed by atoms with E-state index in [1.54, 1.807) is 0 Å². The molecular weight excluding hydrogens is 216 g/mol. The highest BCUT2D eigenvalue weighted by Gasteiger charge is 1.93. The highest BCUT2D eigenvalue weighted by atomic mass is 35.5. The van der Waals surface area contributed by atoms with E-state index in [1.165, 1.54) is 5.56 Å². The molecular formula is C11H15ClOS. The van der Waals surface area contributed by atoms with Crippen LogP contribution in [0.1, 0.15) is 18.4 Å². The number of ether oxygens (including phenoxy) is 1. The van der Waals surface area contributed by atoms with E-state index in [4.69, 9.17) is 16.3 Å². The molecule has 0 aliphatic carbocycles. The van der Waals surface area contributed by atoms with E-state index in [2.05, 4.69) is 12.6 Å². The average Bonchev–Trinajstić information content (AvgIpc) is 2.21. The fourth-order valence-electron chi connectivity index (χ4n) is 1.09. The lowest BCUT2D eigenvalue weighted by molar-refractivity contribution is 0.118. The molecule has 0 amide bonds. The Kier molecular flexibility index (Phi) is 6.08. The lowest BCUT2D eigenvalue weighted by Crippen LogP contribution is -1.95. The van der Waals surface area contributed by atoms with Crippen LogP contribution in [0.4, 0.5) is 0 Å². The van der Waals surface area contributed by atoms with Crippen LogP contribution in [-0.4, -0.2) is 12.4 Å². The van der Waals surface area contributed by atoms with Gasteiger partial charge in [0.05, 0.1) is 6.61 Å². The molecule has 0 unspecified atom stereocenters. The van der Waals surface area contributed by atoms with Gasteiger partial charge in [-0.2, -0.15) is 12.6 Å². The number of benzene rings is 1. The predicted octanol–water partition coefficient (Wildman–Crippen LogP) is 3.57. The van der Waals surface area contributed by atoms with E-state index in [-0.39, 0.29) is 0 Å². The summed E-state index contributed by atoms with van der Waals surface area (Å²) in [6, 6.07) is 7.74. The third-order valence-electron chi connectivity index (χ3n) is 1.88. The Morgan fingerprint density at radius 2 is 1.86 bits per heavy atom. The van der Waals surface area contributed by atoms with Crippen LogP contribution in [-0.2, 0) is 11.3 Å². The topological polar surface area (TPSA) is 9.23 Å². The molecule has 0 bridgehead atoms. The quantitative estimate of drug-likeness (QED) is 0.581. The van der Waals surface area contributed by atoms with Crippen LogP contribution >= 0.6 is 24.2 Å². The summed E-state index contributed by atoms with van der Waals surface area (Å²) < 4.78 is 5.48. The van der Waals surface area contributed by atoms with Gasteiger partial charge in [0.2, 0.25) is 0 Å². The summed E-state index contributed by atoms with van der Waals surface area (Å²) in [5.74, 6) is 0.935. The van der Waals surface area contributed by atoms with Gasteiger partial charge in [0.25, 0.3) is 0 Å². The summed E-state index contributed by atoms with van der Waals surface area (Å²) in [6.45, 7) is 1.48. The Balaban J connectivity index is 2.15. The average molecular weight is 231 g/mol. The van der Waals surface area contributed by atoms with E-state index < -0.39 is 0 Å². The van der Waals surface area contributed by atoms with Gasteiger partial charge in [0, 0.05) is 11.6 Å². The SMILES string of the molecule is SCCCCOCc1ccc(Cl)cc1. The first kappa shape index (κ1) is 11.9. The smallest absolute Gasteiger partial charge is 0.0716 e. The summed E-state index contributed by atoms with van der Waals surface area (Å²) >= 11 is 9.90. The molecule has 0 fully saturated rings. The number of hydrogen-bond acceptors (Lipinski definition) is 2. The Morgan fingerprint density at radius 3 is 2.50 bits per heavy atom. The van der Waals surface area contributed by atoms with Crippen LogP contribution in [0.25, 0.3) is 0 Å². The van der Waals surface area contributed by atoms with Crippen molar-refractivity contribution in [3.63, 3.8) is 0 Å². The number of thiol groups is 1. The third kappa shape index (κ3) is 4.89. The van der Waals surface area contributed by atoms with Gasteiger partial charge in [0.15, 0.2) is 0 Å². The van der Waals surface area contributed by atoms with Gasteiger partial charge in [-0.15, -0.1) is 0 Å². The van der Waals surface area contributed by atoms with Gasteiger partial charge in [0.1, 0.15) is 0 Å². The van der Waals surface area contributed by atoms with Crippen LogP contribution in [0.2, 0.25) is 5.02 Å². The molecule has 1 aromatic rings. The molecule has 0 atom stereocenters. The minimum atomic E-state index is 0.670. The number of unbranched alkanes of at least 4 members (excludes halogenated alkanes) is 1. The monoisotopic (exact) mass is 230 g/mol. The first-order chi connectivity index (χ1) is 6.83. The summed E-state index contributed by atoms with van der Waals surface area (Å²) in [6.07, 6.45) is 2.20. The van der Waals surface area contributed by atoms with Crippen LogP contribution in [0, 0.1) is 0 Å². The zero-order chi connectivity index (χ0) is 10.2. The molecule has 0 heterocycles. The lowest BCUT2D eigenvalue weighted by Gasteiger charge is -2.03. The zero-order valence-electron chi connectivity index (χ0n) is 8.08. The Hall–Kier alpha value is -0.180. The molecule has 78 valence electrons. The zero-order valence-corrected chi connectivity index (χ0v) is 9.73. The van der Waals surface area contributed by atoms with Crippen molar-refractivity contribution in [2.75, 3.05) is 12.4 Å². The van der Waals surface area contributed by atoms with E-state index in [0.29, 0.717) is 6.61 Å². The number of rotatable bonds is 6. The van der Waals surface area contributed by atoms with Crippen molar-refractivity contribution in [2.45, 2.75) is 19.4 Å². The molecule has 0 saturated carbocycles. The van der Waals surface area contributed by atoms with Crippen LogP contribution in [0.15, 0.2) is 24.3 Å². The molecule has 1 nitrogen and oxygen atoms in total. The molecule has 0 N–H and O–H groups in total. The summed E-state index contributed by atoms with van der Waals surface area (Å²) in [5.41, 5.74) is 1.17. The van der Waals surface area contributed by atoms with Crippen molar-refractivity contribution in [3.05, 3.63) is 34.9 Å². The van der Waals surface area contributed by atoms with Crippen LogP contribution in [0.3, 0.4) is 0 Å². The molecule has 0 radical (unpaired) electrons. The van der Waals surface area contributed by atoms with E-state index in [1.807, 2.05) is 24.3 Å². The minimum absolute atomic E-state index is 0.670. The first-order valence-electron chi connectivity index (χ1n) is 4.76. The van der Waals surface area contributed by atoms with Gasteiger partial charge in [-0.1, -0.05) is 23.7 Å². The minimum Gasteiger partial charge on any atom is -0.377 e. The highest BCUT2D eigenvalue weighted by Crippen LogP contribution is 2.10. The van der Waals surface area contributed by atoms with Crippen molar-refractivity contribution >= 4 is 24.2 Å².